The number of rotatable bonds is 5. The van der Waals surface area contributed by atoms with Crippen molar-refractivity contribution >= 4 is 53.3 Å². The van der Waals surface area contributed by atoms with Gasteiger partial charge in [-0.3, -0.25) is 0 Å². The third kappa shape index (κ3) is 4.71. The molecular formula is C45H28N4S. The number of para-hydroxylation sites is 1. The molecule has 10 rings (SSSR count). The van der Waals surface area contributed by atoms with E-state index in [0.29, 0.717) is 17.5 Å². The summed E-state index contributed by atoms with van der Waals surface area (Å²) in [7, 11) is 0. The van der Waals surface area contributed by atoms with E-state index >= 15 is 0 Å². The second-order valence-corrected chi connectivity index (χ2v) is 13.5. The molecule has 234 valence electrons. The predicted octanol–water partition coefficient (Wildman–Crippen LogP) is 12.0. The molecule has 7 aromatic carbocycles. The van der Waals surface area contributed by atoms with Crippen LogP contribution in [0.5, 0.6) is 0 Å². The lowest BCUT2D eigenvalue weighted by Crippen LogP contribution is -2.00. The van der Waals surface area contributed by atoms with Crippen molar-refractivity contribution in [2.45, 2.75) is 0 Å². The van der Waals surface area contributed by atoms with Crippen molar-refractivity contribution in [3.8, 4) is 51.0 Å². The highest BCUT2D eigenvalue weighted by atomic mass is 32.1. The van der Waals surface area contributed by atoms with Gasteiger partial charge in [-0.25, -0.2) is 15.0 Å². The van der Waals surface area contributed by atoms with Crippen LogP contribution in [0.15, 0.2) is 170 Å². The van der Waals surface area contributed by atoms with E-state index < -0.39 is 0 Å². The molecule has 0 unspecified atom stereocenters. The number of hydrogen-bond donors (Lipinski definition) is 0. The van der Waals surface area contributed by atoms with Crippen molar-refractivity contribution in [2.24, 2.45) is 0 Å². The van der Waals surface area contributed by atoms with Gasteiger partial charge in [0.15, 0.2) is 17.5 Å². The molecular weight excluding hydrogens is 629 g/mol. The summed E-state index contributed by atoms with van der Waals surface area (Å²) in [5.41, 5.74) is 8.69. The van der Waals surface area contributed by atoms with E-state index in [9.17, 15) is 0 Å². The highest BCUT2D eigenvalue weighted by molar-refractivity contribution is 7.26. The van der Waals surface area contributed by atoms with Crippen molar-refractivity contribution in [2.75, 3.05) is 0 Å². The summed E-state index contributed by atoms with van der Waals surface area (Å²) < 4.78 is 5.02. The van der Waals surface area contributed by atoms with Gasteiger partial charge in [-0.15, -0.1) is 11.3 Å². The highest BCUT2D eigenvalue weighted by Gasteiger charge is 2.18. The molecule has 0 aliphatic heterocycles. The number of aromatic nitrogens is 4. The zero-order valence-corrected chi connectivity index (χ0v) is 27.7. The summed E-state index contributed by atoms with van der Waals surface area (Å²) in [4.78, 5) is 15.0. The number of nitrogens with zero attached hydrogens (tertiary/aromatic N) is 4. The van der Waals surface area contributed by atoms with Crippen LogP contribution >= 0.6 is 11.3 Å². The minimum Gasteiger partial charge on any atom is -0.308 e. The maximum absolute atomic E-state index is 5.03. The molecule has 0 amide bonds. The van der Waals surface area contributed by atoms with Crippen molar-refractivity contribution < 1.29 is 0 Å². The molecule has 0 bridgehead atoms. The lowest BCUT2D eigenvalue weighted by Gasteiger charge is -2.11. The number of thiophene rings is 1. The predicted molar refractivity (Wildman–Crippen MR) is 209 cm³/mol. The highest BCUT2D eigenvalue weighted by Crippen LogP contribution is 2.43. The van der Waals surface area contributed by atoms with Gasteiger partial charge >= 0.3 is 0 Å². The van der Waals surface area contributed by atoms with E-state index in [1.807, 2.05) is 47.7 Å². The second-order valence-electron chi connectivity index (χ2n) is 12.5. The molecule has 0 N–H and O–H groups in total. The fourth-order valence-electron chi connectivity index (χ4n) is 7.05. The first-order valence-electron chi connectivity index (χ1n) is 16.7. The smallest absolute Gasteiger partial charge is 0.164 e. The topological polar surface area (TPSA) is 43.6 Å². The van der Waals surface area contributed by atoms with Crippen molar-refractivity contribution in [1.29, 1.82) is 0 Å². The van der Waals surface area contributed by atoms with Crippen LogP contribution in [-0.4, -0.2) is 19.5 Å². The SMILES string of the molecule is c1ccc(-c2ccc(-c3nc(-c4ccccc4)nc(-c4ccc(-n5c6ccccc6c6ccc7c8ccccc8sc7c65)cc4)n3)cc2)cc1. The van der Waals surface area contributed by atoms with Gasteiger partial charge in [-0.1, -0.05) is 133 Å². The summed E-state index contributed by atoms with van der Waals surface area (Å²) in [6.45, 7) is 0. The first kappa shape index (κ1) is 28.6. The minimum atomic E-state index is 0.640. The molecule has 0 saturated carbocycles. The Morgan fingerprint density at radius 1 is 0.360 bits per heavy atom. The van der Waals surface area contributed by atoms with Crippen molar-refractivity contribution in [3.63, 3.8) is 0 Å². The fourth-order valence-corrected chi connectivity index (χ4v) is 8.29. The first-order chi connectivity index (χ1) is 24.8. The van der Waals surface area contributed by atoms with Gasteiger partial charge in [0.25, 0.3) is 0 Å². The molecule has 0 fully saturated rings. The average molecular weight is 657 g/mol. The van der Waals surface area contributed by atoms with Gasteiger partial charge in [-0.2, -0.15) is 0 Å². The van der Waals surface area contributed by atoms with Gasteiger partial charge in [-0.05, 0) is 47.5 Å². The quantitative estimate of drug-likeness (QED) is 0.185. The molecule has 0 radical (unpaired) electrons. The van der Waals surface area contributed by atoms with Gasteiger partial charge in [0.2, 0.25) is 0 Å². The molecule has 0 atom stereocenters. The molecule has 3 heterocycles. The fraction of sp³-hybridized carbons (Fsp3) is 0. The van der Waals surface area contributed by atoms with Crippen LogP contribution in [0.25, 0.3) is 93.0 Å². The van der Waals surface area contributed by atoms with E-state index in [0.717, 1.165) is 27.9 Å². The van der Waals surface area contributed by atoms with E-state index in [1.54, 1.807) is 0 Å². The van der Waals surface area contributed by atoms with E-state index in [4.69, 9.17) is 15.0 Å². The molecule has 3 aromatic heterocycles. The van der Waals surface area contributed by atoms with Crippen LogP contribution in [-0.2, 0) is 0 Å². The Hall–Kier alpha value is -6.43. The monoisotopic (exact) mass is 656 g/mol. The minimum absolute atomic E-state index is 0.640. The number of hydrogen-bond acceptors (Lipinski definition) is 4. The van der Waals surface area contributed by atoms with E-state index in [1.165, 1.54) is 47.5 Å². The summed E-state index contributed by atoms with van der Waals surface area (Å²) in [5, 5.41) is 5.10. The molecule has 50 heavy (non-hydrogen) atoms. The lowest BCUT2D eigenvalue weighted by atomic mass is 10.0. The second kappa shape index (κ2) is 11.6. The Morgan fingerprint density at radius 3 is 1.52 bits per heavy atom. The van der Waals surface area contributed by atoms with Crippen molar-refractivity contribution in [3.05, 3.63) is 170 Å². The van der Waals surface area contributed by atoms with Crippen LogP contribution in [0.2, 0.25) is 0 Å². The summed E-state index contributed by atoms with van der Waals surface area (Å²) in [6.07, 6.45) is 0. The van der Waals surface area contributed by atoms with Crippen LogP contribution in [0.4, 0.5) is 0 Å². The van der Waals surface area contributed by atoms with E-state index in [2.05, 4.69) is 138 Å². The van der Waals surface area contributed by atoms with Crippen LogP contribution in [0.3, 0.4) is 0 Å². The normalized spacial score (nSPS) is 11.6. The maximum atomic E-state index is 5.03. The van der Waals surface area contributed by atoms with Gasteiger partial charge in [0, 0.05) is 48.6 Å². The van der Waals surface area contributed by atoms with Crippen LogP contribution in [0, 0.1) is 0 Å². The average Bonchev–Trinajstić information content (AvgIpc) is 3.75. The van der Waals surface area contributed by atoms with Crippen molar-refractivity contribution in [1.82, 2.24) is 19.5 Å². The Kier molecular flexibility index (Phi) is 6.64. The van der Waals surface area contributed by atoms with E-state index in [-0.39, 0.29) is 0 Å². The summed E-state index contributed by atoms with van der Waals surface area (Å²) >= 11 is 1.87. The third-order valence-corrected chi connectivity index (χ3v) is 10.7. The first-order valence-corrected chi connectivity index (χ1v) is 17.5. The maximum Gasteiger partial charge on any atom is 0.164 e. The zero-order valence-electron chi connectivity index (χ0n) is 26.9. The molecule has 4 nitrogen and oxygen atoms in total. The third-order valence-electron chi connectivity index (χ3n) is 9.48. The van der Waals surface area contributed by atoms with Crippen LogP contribution < -0.4 is 0 Å². The molecule has 0 spiro atoms. The summed E-state index contributed by atoms with van der Waals surface area (Å²) in [6, 6.07) is 59.6. The molecule has 0 aliphatic rings. The Bertz CT molecular complexity index is 2840. The van der Waals surface area contributed by atoms with Gasteiger partial charge in [0.05, 0.1) is 15.7 Å². The molecule has 5 heteroatoms. The Balaban J connectivity index is 1.11. The standard InChI is InChI=1S/C45H28N4S/c1-3-11-29(12-4-1)30-19-21-32(22-20-30)44-46-43(31-13-5-2-6-14-31)47-45(48-44)33-23-25-34(26-24-33)49-39-17-9-7-15-35(39)37-27-28-38-36-16-8-10-18-40(36)50-42(38)41(37)49/h1-28H. The lowest BCUT2D eigenvalue weighted by molar-refractivity contribution is 1.07. The van der Waals surface area contributed by atoms with Crippen LogP contribution in [0.1, 0.15) is 0 Å². The molecule has 10 aromatic rings. The van der Waals surface area contributed by atoms with Gasteiger partial charge < -0.3 is 4.57 Å². The number of fused-ring (bicyclic) bond motifs is 7. The zero-order chi connectivity index (χ0) is 33.0. The largest absolute Gasteiger partial charge is 0.308 e. The number of benzene rings is 7. The Labute approximate surface area is 292 Å². The Morgan fingerprint density at radius 2 is 0.840 bits per heavy atom. The molecule has 0 aliphatic carbocycles. The molecule has 0 saturated heterocycles. The van der Waals surface area contributed by atoms with Gasteiger partial charge in [0.1, 0.15) is 0 Å². The summed E-state index contributed by atoms with van der Waals surface area (Å²) in [5.74, 6) is 1.94.